The van der Waals surface area contributed by atoms with Gasteiger partial charge in [0.1, 0.15) is 5.82 Å². The van der Waals surface area contributed by atoms with E-state index in [0.29, 0.717) is 18.5 Å². The van der Waals surface area contributed by atoms with Crippen molar-refractivity contribution in [2.45, 2.75) is 13.3 Å². The summed E-state index contributed by atoms with van der Waals surface area (Å²) in [6, 6.07) is 14.6. The highest BCUT2D eigenvalue weighted by atomic mass is 19.1. The van der Waals surface area contributed by atoms with Gasteiger partial charge in [-0.1, -0.05) is 30.3 Å². The monoisotopic (exact) mass is 323 g/mol. The summed E-state index contributed by atoms with van der Waals surface area (Å²) >= 11 is 0. The summed E-state index contributed by atoms with van der Waals surface area (Å²) in [7, 11) is 0. The molecule has 0 aliphatic carbocycles. The fraction of sp³-hybridized carbons (Fsp3) is 0.158. The Morgan fingerprint density at radius 2 is 1.96 bits per heavy atom. The molecule has 0 aliphatic rings. The Balaban J connectivity index is 1.58. The van der Waals surface area contributed by atoms with Crippen LogP contribution in [0, 0.1) is 12.7 Å². The zero-order chi connectivity index (χ0) is 16.9. The molecule has 3 aromatic rings. The Labute approximate surface area is 139 Å². The number of hydrogen-bond acceptors (Lipinski definition) is 2. The maximum Gasteiger partial charge on any atom is 0.254 e. The van der Waals surface area contributed by atoms with Crippen LogP contribution < -0.4 is 5.32 Å². The zero-order valence-electron chi connectivity index (χ0n) is 13.4. The van der Waals surface area contributed by atoms with Crippen LogP contribution in [0.4, 0.5) is 4.39 Å². The van der Waals surface area contributed by atoms with Gasteiger partial charge in [-0.3, -0.25) is 4.79 Å². The average Bonchev–Trinajstić information content (AvgIpc) is 3.07. The van der Waals surface area contributed by atoms with Gasteiger partial charge in [-0.15, -0.1) is 0 Å². The lowest BCUT2D eigenvalue weighted by molar-refractivity contribution is 0.0950. The Bertz CT molecular complexity index is 843. The predicted octanol–water partition coefficient (Wildman–Crippen LogP) is 3.29. The number of nitrogens with one attached hydrogen (secondary N) is 1. The van der Waals surface area contributed by atoms with E-state index in [-0.39, 0.29) is 5.56 Å². The summed E-state index contributed by atoms with van der Waals surface area (Å²) in [6.07, 6.45) is 4.33. The second kappa shape index (κ2) is 7.08. The lowest BCUT2D eigenvalue weighted by Gasteiger charge is -2.06. The minimum atomic E-state index is -0.466. The van der Waals surface area contributed by atoms with Crippen molar-refractivity contribution in [3.63, 3.8) is 0 Å². The van der Waals surface area contributed by atoms with E-state index in [2.05, 4.69) is 10.4 Å². The lowest BCUT2D eigenvalue weighted by Crippen LogP contribution is -2.26. The Morgan fingerprint density at radius 1 is 1.17 bits per heavy atom. The highest BCUT2D eigenvalue weighted by molar-refractivity contribution is 5.94. The number of hydrogen-bond donors (Lipinski definition) is 1. The maximum atomic E-state index is 13.9. The zero-order valence-corrected chi connectivity index (χ0v) is 13.4. The molecular weight excluding hydrogens is 305 g/mol. The van der Waals surface area contributed by atoms with Crippen molar-refractivity contribution < 1.29 is 9.18 Å². The number of benzene rings is 2. The van der Waals surface area contributed by atoms with Crippen LogP contribution in [0.1, 0.15) is 21.5 Å². The summed E-state index contributed by atoms with van der Waals surface area (Å²) in [5, 5.41) is 7.06. The van der Waals surface area contributed by atoms with E-state index in [1.807, 2.05) is 36.5 Å². The summed E-state index contributed by atoms with van der Waals surface area (Å²) in [5.74, 6) is -0.862. The van der Waals surface area contributed by atoms with Crippen molar-refractivity contribution in [3.8, 4) is 5.69 Å². The number of carbonyl (C=O) groups excluding carboxylic acids is 1. The van der Waals surface area contributed by atoms with Gasteiger partial charge in [0.15, 0.2) is 0 Å². The van der Waals surface area contributed by atoms with Gasteiger partial charge < -0.3 is 5.32 Å². The second-order valence-corrected chi connectivity index (χ2v) is 5.57. The fourth-order valence-corrected chi connectivity index (χ4v) is 2.45. The van der Waals surface area contributed by atoms with Crippen molar-refractivity contribution in [2.75, 3.05) is 6.54 Å². The van der Waals surface area contributed by atoms with Gasteiger partial charge >= 0.3 is 0 Å². The van der Waals surface area contributed by atoms with Crippen LogP contribution in [0.2, 0.25) is 0 Å². The average molecular weight is 323 g/mol. The third-order valence-electron chi connectivity index (χ3n) is 3.79. The van der Waals surface area contributed by atoms with Gasteiger partial charge in [-0.2, -0.15) is 5.10 Å². The van der Waals surface area contributed by atoms with Crippen LogP contribution in [0.3, 0.4) is 0 Å². The molecule has 5 heteroatoms. The van der Waals surface area contributed by atoms with Gasteiger partial charge in [-0.05, 0) is 42.7 Å². The number of carbonyl (C=O) groups is 1. The summed E-state index contributed by atoms with van der Waals surface area (Å²) in [6.45, 7) is 2.07. The molecule has 0 saturated heterocycles. The number of rotatable bonds is 5. The van der Waals surface area contributed by atoms with Crippen LogP contribution in [-0.4, -0.2) is 22.2 Å². The quantitative estimate of drug-likeness (QED) is 0.783. The van der Waals surface area contributed by atoms with E-state index in [1.165, 1.54) is 6.07 Å². The standard InChI is InChI=1S/C19H18FN3O/c1-14-6-5-9-17(18(14)20)19(24)21-11-10-15-12-22-23(13-15)16-7-3-2-4-8-16/h2-9,12-13H,10-11H2,1H3,(H,21,24). The van der Waals surface area contributed by atoms with Gasteiger partial charge in [0.05, 0.1) is 17.4 Å². The minimum Gasteiger partial charge on any atom is -0.352 e. The molecule has 0 radical (unpaired) electrons. The maximum absolute atomic E-state index is 13.9. The smallest absolute Gasteiger partial charge is 0.254 e. The number of aromatic nitrogens is 2. The number of para-hydroxylation sites is 1. The first-order chi connectivity index (χ1) is 11.6. The summed E-state index contributed by atoms with van der Waals surface area (Å²) in [4.78, 5) is 12.1. The first-order valence-electron chi connectivity index (χ1n) is 7.77. The Hall–Kier alpha value is -2.95. The number of nitrogens with zero attached hydrogens (tertiary/aromatic N) is 2. The van der Waals surface area contributed by atoms with Crippen molar-refractivity contribution in [2.24, 2.45) is 0 Å². The molecule has 1 heterocycles. The van der Waals surface area contributed by atoms with Crippen molar-refractivity contribution in [3.05, 3.63) is 83.4 Å². The van der Waals surface area contributed by atoms with Gasteiger partial charge in [0.2, 0.25) is 0 Å². The molecule has 1 aromatic heterocycles. The molecule has 1 amide bonds. The van der Waals surface area contributed by atoms with Crippen molar-refractivity contribution >= 4 is 5.91 Å². The highest BCUT2D eigenvalue weighted by Crippen LogP contribution is 2.12. The first kappa shape index (κ1) is 15.9. The second-order valence-electron chi connectivity index (χ2n) is 5.57. The molecule has 0 aliphatic heterocycles. The molecule has 2 aromatic carbocycles. The molecule has 0 unspecified atom stereocenters. The van der Waals surface area contributed by atoms with Crippen molar-refractivity contribution in [1.29, 1.82) is 0 Å². The third kappa shape index (κ3) is 3.51. The fourth-order valence-electron chi connectivity index (χ4n) is 2.45. The van der Waals surface area contributed by atoms with E-state index in [1.54, 1.807) is 29.9 Å². The van der Waals surface area contributed by atoms with Crippen LogP contribution in [0.5, 0.6) is 0 Å². The molecule has 3 rings (SSSR count). The molecule has 0 spiro atoms. The van der Waals surface area contributed by atoms with Crippen LogP contribution >= 0.6 is 0 Å². The summed E-state index contributed by atoms with van der Waals surface area (Å²) in [5.41, 5.74) is 2.53. The van der Waals surface area contributed by atoms with Crippen molar-refractivity contribution in [1.82, 2.24) is 15.1 Å². The first-order valence-corrected chi connectivity index (χ1v) is 7.77. The molecule has 0 saturated carbocycles. The predicted molar refractivity (Wildman–Crippen MR) is 90.7 cm³/mol. The Morgan fingerprint density at radius 3 is 2.75 bits per heavy atom. The van der Waals surface area contributed by atoms with E-state index < -0.39 is 11.7 Å². The molecule has 4 nitrogen and oxygen atoms in total. The van der Waals surface area contributed by atoms with Gasteiger partial charge in [0.25, 0.3) is 5.91 Å². The van der Waals surface area contributed by atoms with Gasteiger partial charge in [0, 0.05) is 12.7 Å². The lowest BCUT2D eigenvalue weighted by atomic mass is 10.1. The van der Waals surface area contributed by atoms with E-state index in [4.69, 9.17) is 0 Å². The number of amides is 1. The number of halogens is 1. The van der Waals surface area contributed by atoms with Crippen LogP contribution in [-0.2, 0) is 6.42 Å². The molecule has 1 N–H and O–H groups in total. The van der Waals surface area contributed by atoms with Gasteiger partial charge in [-0.25, -0.2) is 9.07 Å². The largest absolute Gasteiger partial charge is 0.352 e. The molecule has 0 fully saturated rings. The molecule has 0 atom stereocenters. The van der Waals surface area contributed by atoms with E-state index in [9.17, 15) is 9.18 Å². The highest BCUT2D eigenvalue weighted by Gasteiger charge is 2.12. The molecule has 0 bridgehead atoms. The molecule has 122 valence electrons. The van der Waals surface area contributed by atoms with Crippen LogP contribution in [0.15, 0.2) is 60.9 Å². The SMILES string of the molecule is Cc1cccc(C(=O)NCCc2cnn(-c3ccccc3)c2)c1F. The topological polar surface area (TPSA) is 46.9 Å². The third-order valence-corrected chi connectivity index (χ3v) is 3.79. The Kier molecular flexibility index (Phi) is 4.70. The molecule has 24 heavy (non-hydrogen) atoms. The number of aryl methyl sites for hydroxylation is 1. The van der Waals surface area contributed by atoms with Crippen LogP contribution in [0.25, 0.3) is 5.69 Å². The molecular formula is C19H18FN3O. The van der Waals surface area contributed by atoms with E-state index >= 15 is 0 Å². The summed E-state index contributed by atoms with van der Waals surface area (Å²) < 4.78 is 15.7. The van der Waals surface area contributed by atoms with E-state index in [0.717, 1.165) is 11.3 Å². The normalized spacial score (nSPS) is 10.6. The minimum absolute atomic E-state index is 0.0787.